The lowest BCUT2D eigenvalue weighted by atomic mass is 10.1. The van der Waals surface area contributed by atoms with Gasteiger partial charge >= 0.3 is 0 Å². The van der Waals surface area contributed by atoms with E-state index in [1.807, 2.05) is 18.2 Å². The first-order valence-electron chi connectivity index (χ1n) is 8.11. The van der Waals surface area contributed by atoms with Crippen LogP contribution in [0.2, 0.25) is 5.02 Å². The zero-order chi connectivity index (χ0) is 17.8. The summed E-state index contributed by atoms with van der Waals surface area (Å²) in [4.78, 5) is 28.2. The Hall–Kier alpha value is -2.40. The van der Waals surface area contributed by atoms with Crippen LogP contribution in [0.15, 0.2) is 48.5 Å². The Morgan fingerprint density at radius 3 is 2.20 bits per heavy atom. The molecule has 0 spiro atoms. The van der Waals surface area contributed by atoms with Crippen molar-refractivity contribution in [3.63, 3.8) is 0 Å². The van der Waals surface area contributed by atoms with E-state index in [0.29, 0.717) is 31.7 Å². The summed E-state index contributed by atoms with van der Waals surface area (Å²) in [6, 6.07) is 13.5. The normalized spacial score (nSPS) is 14.5. The molecule has 0 aromatic heterocycles. The molecule has 0 aliphatic carbocycles. The lowest BCUT2D eigenvalue weighted by Crippen LogP contribution is -2.51. The number of hydrogen-bond donors (Lipinski definition) is 0. The number of amides is 2. The van der Waals surface area contributed by atoms with E-state index in [0.717, 1.165) is 0 Å². The van der Waals surface area contributed by atoms with Gasteiger partial charge in [0.1, 0.15) is 5.82 Å². The maximum Gasteiger partial charge on any atom is 0.253 e. The lowest BCUT2D eigenvalue weighted by molar-refractivity contribution is -0.132. The average Bonchev–Trinajstić information content (AvgIpc) is 2.65. The number of piperazine rings is 1. The van der Waals surface area contributed by atoms with E-state index in [9.17, 15) is 14.0 Å². The Morgan fingerprint density at radius 2 is 1.56 bits per heavy atom. The molecule has 3 rings (SSSR count). The third kappa shape index (κ3) is 3.99. The minimum absolute atomic E-state index is 0.0372. The van der Waals surface area contributed by atoms with Crippen LogP contribution in [0, 0.1) is 5.82 Å². The standard InChI is InChI=1S/C19H18ClFN2O2/c20-16-7-4-8-17(21)15(16)13-18(24)22-9-11-23(12-10-22)19(25)14-5-2-1-3-6-14/h1-8H,9-13H2. The largest absolute Gasteiger partial charge is 0.339 e. The fourth-order valence-electron chi connectivity index (χ4n) is 2.89. The summed E-state index contributed by atoms with van der Waals surface area (Å²) < 4.78 is 13.8. The van der Waals surface area contributed by atoms with Crippen LogP contribution in [0.5, 0.6) is 0 Å². The number of rotatable bonds is 3. The van der Waals surface area contributed by atoms with Gasteiger partial charge in [0.15, 0.2) is 0 Å². The van der Waals surface area contributed by atoms with E-state index >= 15 is 0 Å². The van der Waals surface area contributed by atoms with Crippen LogP contribution in [0.25, 0.3) is 0 Å². The van der Waals surface area contributed by atoms with E-state index in [1.54, 1.807) is 28.0 Å². The van der Waals surface area contributed by atoms with Gasteiger partial charge in [0.25, 0.3) is 5.91 Å². The van der Waals surface area contributed by atoms with E-state index < -0.39 is 5.82 Å². The van der Waals surface area contributed by atoms with Crippen molar-refractivity contribution in [1.29, 1.82) is 0 Å². The summed E-state index contributed by atoms with van der Waals surface area (Å²) in [5.74, 6) is -0.692. The fourth-order valence-corrected chi connectivity index (χ4v) is 3.12. The molecule has 25 heavy (non-hydrogen) atoms. The van der Waals surface area contributed by atoms with Crippen molar-refractivity contribution in [3.05, 3.63) is 70.5 Å². The molecular formula is C19H18ClFN2O2. The second-order valence-electron chi connectivity index (χ2n) is 5.92. The first-order valence-corrected chi connectivity index (χ1v) is 8.49. The quantitative estimate of drug-likeness (QED) is 0.844. The van der Waals surface area contributed by atoms with Crippen LogP contribution in [0.1, 0.15) is 15.9 Å². The highest BCUT2D eigenvalue weighted by molar-refractivity contribution is 6.31. The molecule has 0 radical (unpaired) electrons. The number of carbonyl (C=O) groups excluding carboxylic acids is 2. The van der Waals surface area contributed by atoms with E-state index in [1.165, 1.54) is 12.1 Å². The maximum absolute atomic E-state index is 13.8. The number of benzene rings is 2. The van der Waals surface area contributed by atoms with Crippen molar-refractivity contribution in [3.8, 4) is 0 Å². The number of hydrogen-bond acceptors (Lipinski definition) is 2. The van der Waals surface area contributed by atoms with Gasteiger partial charge in [0.2, 0.25) is 5.91 Å². The molecule has 0 bridgehead atoms. The van der Waals surface area contributed by atoms with Gasteiger partial charge in [-0.15, -0.1) is 0 Å². The highest BCUT2D eigenvalue weighted by Gasteiger charge is 2.25. The summed E-state index contributed by atoms with van der Waals surface area (Å²) in [6.07, 6.45) is -0.0713. The highest BCUT2D eigenvalue weighted by atomic mass is 35.5. The molecule has 1 fully saturated rings. The van der Waals surface area contributed by atoms with Crippen LogP contribution < -0.4 is 0 Å². The Bertz CT molecular complexity index is 754. The maximum atomic E-state index is 13.8. The molecule has 2 aromatic rings. The average molecular weight is 361 g/mol. The molecule has 6 heteroatoms. The van der Waals surface area contributed by atoms with Gasteiger partial charge in [-0.1, -0.05) is 35.9 Å². The Morgan fingerprint density at radius 1 is 0.920 bits per heavy atom. The highest BCUT2D eigenvalue weighted by Crippen LogP contribution is 2.20. The predicted octanol–water partition coefficient (Wildman–Crippen LogP) is 3.01. The summed E-state index contributed by atoms with van der Waals surface area (Å²) in [5, 5.41) is 0.256. The first kappa shape index (κ1) is 17.4. The molecular weight excluding hydrogens is 343 g/mol. The van der Waals surface area contributed by atoms with E-state index in [-0.39, 0.29) is 28.8 Å². The first-order chi connectivity index (χ1) is 12.1. The summed E-state index contributed by atoms with van der Waals surface area (Å²) in [7, 11) is 0. The second-order valence-corrected chi connectivity index (χ2v) is 6.32. The minimum atomic E-state index is -0.473. The van der Waals surface area contributed by atoms with Gasteiger partial charge in [0, 0.05) is 42.3 Å². The Kier molecular flexibility index (Phi) is 5.34. The van der Waals surface area contributed by atoms with Crippen molar-refractivity contribution in [2.24, 2.45) is 0 Å². The monoisotopic (exact) mass is 360 g/mol. The zero-order valence-electron chi connectivity index (χ0n) is 13.6. The van der Waals surface area contributed by atoms with Crippen molar-refractivity contribution in [2.75, 3.05) is 26.2 Å². The minimum Gasteiger partial charge on any atom is -0.339 e. The van der Waals surface area contributed by atoms with Crippen LogP contribution in [0.3, 0.4) is 0 Å². The van der Waals surface area contributed by atoms with Gasteiger partial charge in [-0.3, -0.25) is 9.59 Å². The third-order valence-electron chi connectivity index (χ3n) is 4.33. The molecule has 2 aromatic carbocycles. The topological polar surface area (TPSA) is 40.6 Å². The molecule has 2 amide bonds. The Labute approximate surface area is 150 Å². The van der Waals surface area contributed by atoms with Crippen LogP contribution in [-0.4, -0.2) is 47.8 Å². The fraction of sp³-hybridized carbons (Fsp3) is 0.263. The van der Waals surface area contributed by atoms with Gasteiger partial charge < -0.3 is 9.80 Å². The third-order valence-corrected chi connectivity index (χ3v) is 4.68. The SMILES string of the molecule is O=C(Cc1c(F)cccc1Cl)N1CCN(C(=O)c2ccccc2)CC1. The molecule has 130 valence electrons. The van der Waals surface area contributed by atoms with Gasteiger partial charge in [-0.25, -0.2) is 4.39 Å². The molecule has 0 atom stereocenters. The lowest BCUT2D eigenvalue weighted by Gasteiger charge is -2.35. The number of carbonyl (C=O) groups is 2. The van der Waals surface area contributed by atoms with Gasteiger partial charge in [0.05, 0.1) is 6.42 Å². The molecule has 4 nitrogen and oxygen atoms in total. The molecule has 1 saturated heterocycles. The number of nitrogens with zero attached hydrogens (tertiary/aromatic N) is 2. The predicted molar refractivity (Wildman–Crippen MR) is 94.0 cm³/mol. The number of halogens is 2. The van der Waals surface area contributed by atoms with Crippen LogP contribution >= 0.6 is 11.6 Å². The van der Waals surface area contributed by atoms with Crippen LogP contribution in [0.4, 0.5) is 4.39 Å². The zero-order valence-corrected chi connectivity index (χ0v) is 14.4. The summed E-state index contributed by atoms with van der Waals surface area (Å²) in [6.45, 7) is 1.79. The summed E-state index contributed by atoms with van der Waals surface area (Å²) >= 11 is 5.98. The van der Waals surface area contributed by atoms with E-state index in [4.69, 9.17) is 11.6 Å². The second kappa shape index (κ2) is 7.66. The van der Waals surface area contributed by atoms with E-state index in [2.05, 4.69) is 0 Å². The molecule has 0 N–H and O–H groups in total. The van der Waals surface area contributed by atoms with Gasteiger partial charge in [-0.05, 0) is 24.3 Å². The smallest absolute Gasteiger partial charge is 0.253 e. The molecule has 0 saturated carbocycles. The molecule has 1 aliphatic heterocycles. The van der Waals surface area contributed by atoms with Crippen molar-refractivity contribution in [2.45, 2.75) is 6.42 Å². The molecule has 1 aliphatic rings. The Balaban J connectivity index is 1.59. The van der Waals surface area contributed by atoms with Crippen LogP contribution in [-0.2, 0) is 11.2 Å². The molecule has 0 unspecified atom stereocenters. The van der Waals surface area contributed by atoms with Crippen molar-refractivity contribution in [1.82, 2.24) is 9.80 Å². The van der Waals surface area contributed by atoms with Crippen molar-refractivity contribution >= 4 is 23.4 Å². The van der Waals surface area contributed by atoms with Crippen molar-refractivity contribution < 1.29 is 14.0 Å². The molecule has 1 heterocycles. The summed E-state index contributed by atoms with van der Waals surface area (Å²) in [5.41, 5.74) is 0.859. The van der Waals surface area contributed by atoms with Gasteiger partial charge in [-0.2, -0.15) is 0 Å².